The lowest BCUT2D eigenvalue weighted by Gasteiger charge is -2.33. The first-order valence-corrected chi connectivity index (χ1v) is 22.8. The first-order valence-electron chi connectivity index (χ1n) is 22.8. The van der Waals surface area contributed by atoms with Gasteiger partial charge < -0.3 is 4.90 Å². The Morgan fingerprint density at radius 3 is 1.17 bits per heavy atom. The molecule has 1 nitrogen and oxygen atoms in total. The van der Waals surface area contributed by atoms with Gasteiger partial charge in [-0.1, -0.05) is 218 Å². The molecule has 0 amide bonds. The number of benzene rings is 10. The SMILES string of the molecule is CC1(c2ccccc2)c2ccccc2-c2ccc(N(c3ccc4c(c3)C(C)(c3ccccc3)c3ccccc3-4)c3cccc(-c4ccccc4-c4ccccc4)c3-c3ccccc3)cc21. The van der Waals surface area contributed by atoms with Gasteiger partial charge in [0.1, 0.15) is 0 Å². The Labute approximate surface area is 382 Å². The van der Waals surface area contributed by atoms with Crippen LogP contribution < -0.4 is 4.90 Å². The molecule has 0 spiro atoms. The van der Waals surface area contributed by atoms with Gasteiger partial charge in [-0.2, -0.15) is 0 Å². The van der Waals surface area contributed by atoms with E-state index < -0.39 is 0 Å². The molecule has 2 atom stereocenters. The highest BCUT2D eigenvalue weighted by Gasteiger charge is 2.43. The van der Waals surface area contributed by atoms with Crippen molar-refractivity contribution in [1.82, 2.24) is 0 Å². The highest BCUT2D eigenvalue weighted by Crippen LogP contribution is 2.57. The van der Waals surface area contributed by atoms with E-state index in [2.05, 4.69) is 267 Å². The number of hydrogen-bond acceptors (Lipinski definition) is 1. The van der Waals surface area contributed by atoms with Crippen LogP contribution >= 0.6 is 0 Å². The van der Waals surface area contributed by atoms with Gasteiger partial charge in [-0.25, -0.2) is 0 Å². The van der Waals surface area contributed by atoms with Gasteiger partial charge in [-0.15, -0.1) is 0 Å². The Hall–Kier alpha value is -8.00. The molecule has 1 heteroatoms. The number of nitrogens with zero attached hydrogens (tertiary/aromatic N) is 1. The minimum Gasteiger partial charge on any atom is -0.310 e. The molecule has 0 heterocycles. The summed E-state index contributed by atoms with van der Waals surface area (Å²) in [5, 5.41) is 0. The largest absolute Gasteiger partial charge is 0.310 e. The average molecular weight is 830 g/mol. The monoisotopic (exact) mass is 829 g/mol. The zero-order valence-electron chi connectivity index (χ0n) is 36.6. The van der Waals surface area contributed by atoms with Gasteiger partial charge >= 0.3 is 0 Å². The lowest BCUT2D eigenvalue weighted by atomic mass is 9.74. The van der Waals surface area contributed by atoms with Crippen LogP contribution in [0.25, 0.3) is 55.6 Å². The molecule has 0 radical (unpaired) electrons. The number of fused-ring (bicyclic) bond motifs is 6. The summed E-state index contributed by atoms with van der Waals surface area (Å²) in [5.41, 5.74) is 22.8. The van der Waals surface area contributed by atoms with Crippen LogP contribution in [0.4, 0.5) is 17.1 Å². The molecule has 0 aliphatic heterocycles. The minimum atomic E-state index is -0.362. The Bertz CT molecular complexity index is 3250. The summed E-state index contributed by atoms with van der Waals surface area (Å²) >= 11 is 0. The molecule has 0 saturated heterocycles. The predicted octanol–water partition coefficient (Wildman–Crippen LogP) is 16.8. The fourth-order valence-electron chi connectivity index (χ4n) is 11.3. The molecule has 12 rings (SSSR count). The second-order valence-corrected chi connectivity index (χ2v) is 17.8. The lowest BCUT2D eigenvalue weighted by molar-refractivity contribution is 0.713. The Balaban J connectivity index is 1.16. The van der Waals surface area contributed by atoms with Gasteiger partial charge in [0.25, 0.3) is 0 Å². The van der Waals surface area contributed by atoms with E-state index in [0.717, 1.165) is 22.6 Å². The summed E-state index contributed by atoms with van der Waals surface area (Å²) < 4.78 is 0. The van der Waals surface area contributed by atoms with E-state index in [1.807, 2.05) is 0 Å². The van der Waals surface area contributed by atoms with Gasteiger partial charge in [-0.3, -0.25) is 0 Å². The molecule has 2 aliphatic carbocycles. The maximum Gasteiger partial charge on any atom is 0.0546 e. The van der Waals surface area contributed by atoms with Crippen molar-refractivity contribution in [2.75, 3.05) is 4.90 Å². The predicted molar refractivity (Wildman–Crippen MR) is 272 cm³/mol. The number of hydrogen-bond donors (Lipinski definition) is 0. The van der Waals surface area contributed by atoms with E-state index >= 15 is 0 Å². The van der Waals surface area contributed by atoms with Crippen LogP contribution in [0.3, 0.4) is 0 Å². The Morgan fingerprint density at radius 1 is 0.277 bits per heavy atom. The van der Waals surface area contributed by atoms with Crippen molar-refractivity contribution in [2.45, 2.75) is 24.7 Å². The van der Waals surface area contributed by atoms with E-state index in [1.54, 1.807) is 0 Å². The zero-order chi connectivity index (χ0) is 43.5. The summed E-state index contributed by atoms with van der Waals surface area (Å²) in [6, 6.07) is 92.0. The molecule has 0 N–H and O–H groups in total. The molecule has 0 saturated carbocycles. The maximum atomic E-state index is 2.54. The summed E-state index contributed by atoms with van der Waals surface area (Å²) in [6.45, 7) is 4.82. The second kappa shape index (κ2) is 15.4. The van der Waals surface area contributed by atoms with Gasteiger partial charge in [0.15, 0.2) is 0 Å². The fraction of sp³-hybridized carbons (Fsp3) is 0.0625. The zero-order valence-corrected chi connectivity index (χ0v) is 36.6. The third-order valence-corrected chi connectivity index (χ3v) is 14.5. The summed E-state index contributed by atoms with van der Waals surface area (Å²) in [6.07, 6.45) is 0. The highest BCUT2D eigenvalue weighted by atomic mass is 15.1. The molecule has 2 unspecified atom stereocenters. The van der Waals surface area contributed by atoms with Crippen LogP contribution in [-0.2, 0) is 10.8 Å². The van der Waals surface area contributed by atoms with Crippen molar-refractivity contribution in [3.63, 3.8) is 0 Å². The first-order chi connectivity index (χ1) is 32.0. The smallest absolute Gasteiger partial charge is 0.0546 e. The van der Waals surface area contributed by atoms with Gasteiger partial charge in [-0.05, 0) is 128 Å². The normalized spacial score (nSPS) is 16.6. The lowest BCUT2D eigenvalue weighted by Crippen LogP contribution is -2.23. The quantitative estimate of drug-likeness (QED) is 0.147. The van der Waals surface area contributed by atoms with Crippen LogP contribution in [0.1, 0.15) is 47.2 Å². The third kappa shape index (κ3) is 6.00. The average Bonchev–Trinajstić information content (AvgIpc) is 3.80. The van der Waals surface area contributed by atoms with Crippen LogP contribution in [-0.4, -0.2) is 0 Å². The molecule has 10 aromatic carbocycles. The molecular weight excluding hydrogens is 783 g/mol. The van der Waals surface area contributed by atoms with Gasteiger partial charge in [0.2, 0.25) is 0 Å². The van der Waals surface area contributed by atoms with Crippen LogP contribution in [0.15, 0.2) is 249 Å². The van der Waals surface area contributed by atoms with Crippen molar-refractivity contribution < 1.29 is 0 Å². The Morgan fingerprint density at radius 2 is 0.662 bits per heavy atom. The van der Waals surface area contributed by atoms with Crippen molar-refractivity contribution in [3.8, 4) is 55.6 Å². The Kier molecular flexibility index (Phi) is 9.14. The van der Waals surface area contributed by atoms with E-state index in [1.165, 1.54) is 83.5 Å². The van der Waals surface area contributed by atoms with Crippen molar-refractivity contribution in [1.29, 1.82) is 0 Å². The summed E-state index contributed by atoms with van der Waals surface area (Å²) in [5.74, 6) is 0. The van der Waals surface area contributed by atoms with Crippen LogP contribution in [0.2, 0.25) is 0 Å². The minimum absolute atomic E-state index is 0.362. The van der Waals surface area contributed by atoms with E-state index in [4.69, 9.17) is 0 Å². The fourth-order valence-corrected chi connectivity index (χ4v) is 11.3. The van der Waals surface area contributed by atoms with Crippen LogP contribution in [0, 0.1) is 0 Å². The summed E-state index contributed by atoms with van der Waals surface area (Å²) in [7, 11) is 0. The highest BCUT2D eigenvalue weighted by molar-refractivity contribution is 6.01. The van der Waals surface area contributed by atoms with Crippen LogP contribution in [0.5, 0.6) is 0 Å². The molecular formula is C64H47N. The van der Waals surface area contributed by atoms with E-state index in [0.29, 0.717) is 0 Å². The van der Waals surface area contributed by atoms with Crippen molar-refractivity contribution >= 4 is 17.1 Å². The molecule has 10 aromatic rings. The second-order valence-electron chi connectivity index (χ2n) is 17.8. The van der Waals surface area contributed by atoms with Crippen molar-refractivity contribution in [3.05, 3.63) is 282 Å². The van der Waals surface area contributed by atoms with Gasteiger partial charge in [0, 0.05) is 27.8 Å². The molecule has 2 aliphatic rings. The van der Waals surface area contributed by atoms with E-state index in [-0.39, 0.29) is 10.8 Å². The number of anilines is 3. The topological polar surface area (TPSA) is 3.24 Å². The molecule has 0 fully saturated rings. The molecule has 65 heavy (non-hydrogen) atoms. The molecule has 0 aromatic heterocycles. The standard InChI is InChI=1S/C64H47N/c1-63(46-26-11-5-12-27-46)57-35-19-17-32-52(57)54-40-38-48(42-59(54)63)65(49-39-41-55-53-33-18-20-36-58(53)64(2,60(55)43-49)47-28-13-6-14-29-47)61-37-21-34-56(62(61)45-24-9-4-10-25-45)51-31-16-15-30-50(51)44-22-7-3-8-23-44/h3-43H,1-2H3. The van der Waals surface area contributed by atoms with E-state index in [9.17, 15) is 0 Å². The third-order valence-electron chi connectivity index (χ3n) is 14.5. The van der Waals surface area contributed by atoms with Gasteiger partial charge in [0.05, 0.1) is 5.69 Å². The van der Waals surface area contributed by atoms with Crippen molar-refractivity contribution in [2.24, 2.45) is 0 Å². The first kappa shape index (κ1) is 38.7. The summed E-state index contributed by atoms with van der Waals surface area (Å²) in [4.78, 5) is 2.54. The maximum absolute atomic E-state index is 2.54. The molecule has 308 valence electrons. The molecule has 0 bridgehead atoms. The number of rotatable bonds is 8.